The van der Waals surface area contributed by atoms with Crippen LogP contribution in [-0.4, -0.2) is 10.9 Å². The van der Waals surface area contributed by atoms with Gasteiger partial charge < -0.3 is 9.73 Å². The van der Waals surface area contributed by atoms with Gasteiger partial charge in [0.15, 0.2) is 5.13 Å². The summed E-state index contributed by atoms with van der Waals surface area (Å²) >= 11 is 4.92. The molecule has 0 unspecified atom stereocenters. The van der Waals surface area contributed by atoms with Crippen molar-refractivity contribution < 1.29 is 9.21 Å². The molecule has 0 aliphatic heterocycles. The van der Waals surface area contributed by atoms with Crippen LogP contribution in [0.3, 0.4) is 0 Å². The Balaban J connectivity index is 1.45. The lowest BCUT2D eigenvalue weighted by Gasteiger charge is -2.03. The van der Waals surface area contributed by atoms with Crippen LogP contribution in [0.25, 0.3) is 32.0 Å². The van der Waals surface area contributed by atoms with Gasteiger partial charge in [-0.25, -0.2) is 4.98 Å². The summed E-state index contributed by atoms with van der Waals surface area (Å²) in [6.45, 7) is 0. The molecule has 0 spiro atoms. The van der Waals surface area contributed by atoms with Gasteiger partial charge in [-0.3, -0.25) is 4.79 Å². The van der Waals surface area contributed by atoms with Crippen LogP contribution in [0.2, 0.25) is 0 Å². The lowest BCUT2D eigenvalue weighted by Crippen LogP contribution is -2.13. The molecule has 6 heteroatoms. The van der Waals surface area contributed by atoms with Gasteiger partial charge in [-0.05, 0) is 35.0 Å². The average Bonchev–Trinajstić information content (AvgIpc) is 3.25. The highest BCUT2D eigenvalue weighted by atomic mass is 79.9. The largest absolute Gasteiger partial charge is 0.464 e. The van der Waals surface area contributed by atoms with Crippen LogP contribution in [0, 0.1) is 0 Å². The van der Waals surface area contributed by atoms with E-state index in [-0.39, 0.29) is 12.3 Å². The molecule has 0 fully saturated rings. The smallest absolute Gasteiger partial charge is 0.230 e. The van der Waals surface area contributed by atoms with Crippen LogP contribution in [0.5, 0.6) is 0 Å². The van der Waals surface area contributed by atoms with Gasteiger partial charge in [0.25, 0.3) is 0 Å². The number of nitrogens with one attached hydrogen (secondary N) is 1. The monoisotopic (exact) mass is 436 g/mol. The molecule has 0 aliphatic carbocycles. The Morgan fingerprint density at radius 1 is 1.15 bits per heavy atom. The third-order valence-corrected chi connectivity index (χ3v) is 5.91. The van der Waals surface area contributed by atoms with Gasteiger partial charge in [-0.15, -0.1) is 0 Å². The number of hydrogen-bond donors (Lipinski definition) is 1. The molecule has 2 heterocycles. The highest BCUT2D eigenvalue weighted by molar-refractivity contribution is 9.10. The maximum Gasteiger partial charge on any atom is 0.230 e. The minimum Gasteiger partial charge on any atom is -0.464 e. The van der Waals surface area contributed by atoms with Crippen molar-refractivity contribution in [2.45, 2.75) is 6.42 Å². The summed E-state index contributed by atoms with van der Waals surface area (Å²) in [7, 11) is 0. The molecule has 3 aromatic carbocycles. The molecular weight excluding hydrogens is 424 g/mol. The number of carbonyl (C=O) groups is 1. The predicted molar refractivity (Wildman–Crippen MR) is 113 cm³/mol. The molecule has 1 amide bonds. The van der Waals surface area contributed by atoms with Gasteiger partial charge in [0.05, 0.1) is 22.9 Å². The Morgan fingerprint density at radius 3 is 2.96 bits per heavy atom. The molecule has 0 radical (unpaired) electrons. The van der Waals surface area contributed by atoms with E-state index in [0.29, 0.717) is 5.13 Å². The molecule has 5 aromatic rings. The minimum atomic E-state index is -0.108. The molecule has 2 aromatic heterocycles. The van der Waals surface area contributed by atoms with Gasteiger partial charge in [-0.1, -0.05) is 57.6 Å². The van der Waals surface area contributed by atoms with Crippen molar-refractivity contribution in [3.63, 3.8) is 0 Å². The van der Waals surface area contributed by atoms with Crippen LogP contribution < -0.4 is 5.32 Å². The van der Waals surface area contributed by atoms with Crippen molar-refractivity contribution in [1.82, 2.24) is 4.98 Å². The number of fused-ring (bicyclic) bond motifs is 4. The van der Waals surface area contributed by atoms with Crippen LogP contribution in [0.15, 0.2) is 69.8 Å². The maximum absolute atomic E-state index is 12.6. The molecule has 5 rings (SSSR count). The Bertz CT molecular complexity index is 1320. The summed E-state index contributed by atoms with van der Waals surface area (Å²) in [6.07, 6.45) is 1.91. The van der Waals surface area contributed by atoms with E-state index in [4.69, 9.17) is 4.42 Å². The zero-order chi connectivity index (χ0) is 18.4. The molecule has 0 saturated heterocycles. The molecule has 132 valence electrons. The second-order valence-electron chi connectivity index (χ2n) is 6.28. The number of thiazole rings is 1. The van der Waals surface area contributed by atoms with E-state index in [1.807, 2.05) is 42.5 Å². The van der Waals surface area contributed by atoms with Crippen molar-refractivity contribution >= 4 is 70.3 Å². The fraction of sp³-hybridized carbons (Fsp3) is 0.0476. The molecule has 4 nitrogen and oxygen atoms in total. The topological polar surface area (TPSA) is 55.1 Å². The number of rotatable bonds is 3. The number of benzene rings is 3. The van der Waals surface area contributed by atoms with E-state index in [2.05, 4.69) is 38.4 Å². The van der Waals surface area contributed by atoms with E-state index < -0.39 is 0 Å². The second-order valence-corrected chi connectivity index (χ2v) is 8.22. The van der Waals surface area contributed by atoms with Gasteiger partial charge in [-0.2, -0.15) is 0 Å². The fourth-order valence-corrected chi connectivity index (χ4v) is 4.73. The third kappa shape index (κ3) is 3.01. The van der Waals surface area contributed by atoms with Gasteiger partial charge in [0, 0.05) is 15.4 Å². The van der Waals surface area contributed by atoms with Crippen LogP contribution in [0.4, 0.5) is 5.13 Å². The van der Waals surface area contributed by atoms with Crippen LogP contribution in [0.1, 0.15) is 5.56 Å². The van der Waals surface area contributed by atoms with E-state index in [1.54, 1.807) is 6.26 Å². The third-order valence-electron chi connectivity index (χ3n) is 4.49. The molecule has 0 saturated carbocycles. The first-order chi connectivity index (χ1) is 13.2. The van der Waals surface area contributed by atoms with E-state index in [1.165, 1.54) is 11.3 Å². The highest BCUT2D eigenvalue weighted by Crippen LogP contribution is 2.31. The first-order valence-corrected chi connectivity index (χ1v) is 10.0. The normalized spacial score (nSPS) is 11.4. The minimum absolute atomic E-state index is 0.108. The summed E-state index contributed by atoms with van der Waals surface area (Å²) in [4.78, 5) is 17.1. The van der Waals surface area contributed by atoms with E-state index in [9.17, 15) is 4.79 Å². The number of furan rings is 1. The fourth-order valence-electron chi connectivity index (χ4n) is 3.29. The summed E-state index contributed by atoms with van der Waals surface area (Å²) < 4.78 is 7.69. The number of hydrogen-bond acceptors (Lipinski definition) is 4. The Morgan fingerprint density at radius 2 is 2.04 bits per heavy atom. The van der Waals surface area contributed by atoms with Crippen molar-refractivity contribution in [2.24, 2.45) is 0 Å². The Kier molecular flexibility index (Phi) is 3.95. The lowest BCUT2D eigenvalue weighted by atomic mass is 10.0. The number of halogens is 1. The van der Waals surface area contributed by atoms with E-state index in [0.717, 1.165) is 42.0 Å². The van der Waals surface area contributed by atoms with Crippen LogP contribution >= 0.6 is 27.3 Å². The SMILES string of the molecule is O=C(Cc1coc2ccc3ccccc3c12)Nc1nc2ccc(Br)cc2s1. The van der Waals surface area contributed by atoms with Crippen molar-refractivity contribution in [2.75, 3.05) is 5.32 Å². The average molecular weight is 437 g/mol. The van der Waals surface area contributed by atoms with E-state index >= 15 is 0 Å². The summed E-state index contributed by atoms with van der Waals surface area (Å²) in [6, 6.07) is 18.0. The summed E-state index contributed by atoms with van der Waals surface area (Å²) in [5.74, 6) is -0.108. The number of anilines is 1. The second kappa shape index (κ2) is 6.48. The zero-order valence-corrected chi connectivity index (χ0v) is 16.4. The lowest BCUT2D eigenvalue weighted by molar-refractivity contribution is -0.115. The quantitative estimate of drug-likeness (QED) is 0.369. The molecule has 0 aliphatic rings. The number of amides is 1. The number of carbonyl (C=O) groups excluding carboxylic acids is 1. The Hall–Kier alpha value is -2.70. The summed E-state index contributed by atoms with van der Waals surface area (Å²) in [5, 5.41) is 6.74. The summed E-state index contributed by atoms with van der Waals surface area (Å²) in [5.41, 5.74) is 2.54. The van der Waals surface area contributed by atoms with Gasteiger partial charge >= 0.3 is 0 Å². The van der Waals surface area contributed by atoms with Crippen molar-refractivity contribution in [3.8, 4) is 0 Å². The maximum atomic E-state index is 12.6. The Labute approximate surface area is 166 Å². The molecule has 0 atom stereocenters. The first kappa shape index (κ1) is 16.5. The van der Waals surface area contributed by atoms with Crippen LogP contribution in [-0.2, 0) is 11.2 Å². The highest BCUT2D eigenvalue weighted by Gasteiger charge is 2.14. The van der Waals surface area contributed by atoms with Gasteiger partial charge in [0.2, 0.25) is 5.91 Å². The predicted octanol–water partition coefficient (Wildman–Crippen LogP) is 6.14. The first-order valence-electron chi connectivity index (χ1n) is 8.41. The zero-order valence-electron chi connectivity index (χ0n) is 14.0. The standard InChI is InChI=1S/C21H13BrN2O2S/c22-14-6-7-16-18(10-14)27-21(23-16)24-19(25)9-13-11-26-17-8-5-12-3-1-2-4-15(12)20(13)17/h1-8,10-11H,9H2,(H,23,24,25). The van der Waals surface area contributed by atoms with Gasteiger partial charge in [0.1, 0.15) is 5.58 Å². The van der Waals surface area contributed by atoms with Crippen molar-refractivity contribution in [3.05, 3.63) is 70.9 Å². The molecule has 27 heavy (non-hydrogen) atoms. The van der Waals surface area contributed by atoms with Crippen molar-refractivity contribution in [1.29, 1.82) is 0 Å². The molecular formula is C21H13BrN2O2S. The molecule has 0 bridgehead atoms. The molecule has 1 N–H and O–H groups in total. The number of aromatic nitrogens is 1. The number of nitrogens with zero attached hydrogens (tertiary/aromatic N) is 1.